The number of hydrogen-bond donors (Lipinski definition) is 3. The molecule has 0 unspecified atom stereocenters. The normalized spacial score (nSPS) is 35.4. The fourth-order valence-electron chi connectivity index (χ4n) is 8.97. The Morgan fingerprint density at radius 2 is 1.77 bits per heavy atom. The number of esters is 1. The Balaban J connectivity index is 1.22. The molecule has 0 aromatic heterocycles. The fraction of sp³-hybridized carbons (Fsp3) is 0.647. The number of allylic oxidation sites excluding steroid dienone is 2. The minimum atomic E-state index is -1.28. The van der Waals surface area contributed by atoms with Crippen LogP contribution in [0.1, 0.15) is 90.7 Å². The summed E-state index contributed by atoms with van der Waals surface area (Å²) in [5.74, 6) is -0.0466. The van der Waals surface area contributed by atoms with Gasteiger partial charge in [-0.05, 0) is 100 Å². The molecule has 1 amide bonds. The largest absolute Gasteiger partial charge is 0.464 e. The molecule has 0 heterocycles. The second-order valence-corrected chi connectivity index (χ2v) is 13.4. The van der Waals surface area contributed by atoms with Crippen molar-refractivity contribution < 1.29 is 34.2 Å². The van der Waals surface area contributed by atoms with Crippen LogP contribution in [0, 0.1) is 28.6 Å². The highest BCUT2D eigenvalue weighted by Gasteiger charge is 2.65. The van der Waals surface area contributed by atoms with Crippen molar-refractivity contribution >= 4 is 23.4 Å². The van der Waals surface area contributed by atoms with Crippen LogP contribution in [0.2, 0.25) is 0 Å². The maximum atomic E-state index is 12.7. The molecule has 4 aliphatic carbocycles. The van der Waals surface area contributed by atoms with Gasteiger partial charge in [-0.3, -0.25) is 9.59 Å². The Bertz CT molecular complexity index is 1290. The number of amides is 1. The van der Waals surface area contributed by atoms with Crippen molar-refractivity contribution in [3.8, 4) is 0 Å². The van der Waals surface area contributed by atoms with E-state index < -0.39 is 36.2 Å². The zero-order valence-corrected chi connectivity index (χ0v) is 25.8. The third-order valence-electron chi connectivity index (χ3n) is 11.4. The molecule has 0 spiro atoms. The second-order valence-electron chi connectivity index (χ2n) is 13.4. The highest BCUT2D eigenvalue weighted by atomic mass is 16.6. The monoisotopic (exact) mass is 594 g/mol. The number of fused-ring (bicyclic) bond motifs is 5. The van der Waals surface area contributed by atoms with Crippen LogP contribution >= 0.6 is 0 Å². The van der Waals surface area contributed by atoms with Crippen LogP contribution in [0.5, 0.6) is 0 Å². The lowest BCUT2D eigenvalue weighted by molar-refractivity contribution is -0.159. The molecule has 9 heteroatoms. The summed E-state index contributed by atoms with van der Waals surface area (Å²) in [4.78, 5) is 43.2. The van der Waals surface area contributed by atoms with Gasteiger partial charge < -0.3 is 25.1 Å². The van der Waals surface area contributed by atoms with Crippen molar-refractivity contribution in [1.29, 1.82) is 0 Å². The summed E-state index contributed by atoms with van der Waals surface area (Å²) in [5.41, 5.74) is 1.13. The highest BCUT2D eigenvalue weighted by molar-refractivity contribution is 5.96. The molecule has 5 rings (SSSR count). The van der Waals surface area contributed by atoms with Gasteiger partial charge in [0.1, 0.15) is 11.7 Å². The summed E-state index contributed by atoms with van der Waals surface area (Å²) in [6, 6.07) is 7.36. The predicted molar refractivity (Wildman–Crippen MR) is 161 cm³/mol. The van der Waals surface area contributed by atoms with E-state index >= 15 is 0 Å². The van der Waals surface area contributed by atoms with E-state index in [1.54, 1.807) is 44.2 Å². The topological polar surface area (TPSA) is 135 Å². The lowest BCUT2D eigenvalue weighted by Crippen LogP contribution is -2.57. The molecule has 3 saturated carbocycles. The summed E-state index contributed by atoms with van der Waals surface area (Å²) in [6.07, 6.45) is 7.84. The van der Waals surface area contributed by atoms with Crippen molar-refractivity contribution in [2.75, 3.05) is 13.2 Å². The van der Waals surface area contributed by atoms with Crippen LogP contribution in [0.15, 0.2) is 47.1 Å². The number of aliphatic hydroxyl groups is 2. The number of carbonyl (C=O) groups excluding carboxylic acids is 3. The van der Waals surface area contributed by atoms with Gasteiger partial charge in [-0.15, -0.1) is 0 Å². The van der Waals surface area contributed by atoms with Crippen molar-refractivity contribution in [1.82, 2.24) is 5.32 Å². The predicted octanol–water partition coefficient (Wildman–Crippen LogP) is 4.42. The van der Waals surface area contributed by atoms with Gasteiger partial charge in [0.2, 0.25) is 0 Å². The van der Waals surface area contributed by atoms with Gasteiger partial charge in [0, 0.05) is 5.41 Å². The molecule has 1 aromatic carbocycles. The lowest BCUT2D eigenvalue weighted by Gasteiger charge is -2.59. The molecule has 0 aliphatic heterocycles. The molecule has 234 valence electrons. The fourth-order valence-corrected chi connectivity index (χ4v) is 8.97. The molecule has 43 heavy (non-hydrogen) atoms. The summed E-state index contributed by atoms with van der Waals surface area (Å²) < 4.78 is 5.08. The van der Waals surface area contributed by atoms with Crippen LogP contribution < -0.4 is 5.32 Å². The number of Topliss-reactive ketones (excluding diaryl/α,β-unsaturated/α-hetero) is 1. The van der Waals surface area contributed by atoms with Gasteiger partial charge in [-0.25, -0.2) is 4.79 Å². The molecule has 3 N–H and O–H groups in total. The number of oxime groups is 1. The number of nitrogens with zero attached hydrogens (tertiary/aromatic N) is 1. The van der Waals surface area contributed by atoms with Crippen molar-refractivity contribution in [2.24, 2.45) is 33.7 Å². The number of benzene rings is 1. The molecule has 9 nitrogen and oxygen atoms in total. The molecular formula is C34H46N2O7. The van der Waals surface area contributed by atoms with Gasteiger partial charge in [-0.1, -0.05) is 54.9 Å². The minimum Gasteiger partial charge on any atom is -0.464 e. The summed E-state index contributed by atoms with van der Waals surface area (Å²) in [6.45, 7) is 7.44. The first-order valence-electron chi connectivity index (χ1n) is 15.8. The standard InChI is InChI=1S/C34H46N2O7/c1-5-42-31(40)29(30(39)22-9-7-6-8-10-22)35-28(38)20-43-36-24-13-16-32(3)23(19-24)11-12-25-26(32)14-17-33(4)27(25)15-18-34(33,41)21(2)37/h6-10,19,25-27,29-30,39,41H,5,11-18,20H2,1-4H3,(H,35,38)/b36-24+/t25-,26+,27+,29-,30-,32+,33+,34+/m1/s1. The zero-order chi connectivity index (χ0) is 31.0. The quantitative estimate of drug-likeness (QED) is 0.285. The molecule has 3 fully saturated rings. The van der Waals surface area contributed by atoms with E-state index in [1.165, 1.54) is 5.57 Å². The first-order valence-corrected chi connectivity index (χ1v) is 15.8. The Morgan fingerprint density at radius 3 is 2.47 bits per heavy atom. The van der Waals surface area contributed by atoms with E-state index in [1.807, 2.05) is 0 Å². The van der Waals surface area contributed by atoms with Crippen LogP contribution in [-0.2, 0) is 24.0 Å². The highest BCUT2D eigenvalue weighted by Crippen LogP contribution is 2.67. The third kappa shape index (κ3) is 5.55. The average molecular weight is 595 g/mol. The van der Waals surface area contributed by atoms with E-state index in [0.29, 0.717) is 29.7 Å². The maximum absolute atomic E-state index is 12.7. The van der Waals surface area contributed by atoms with Crippen LogP contribution in [0.4, 0.5) is 0 Å². The number of aliphatic hydroxyl groups excluding tert-OH is 1. The smallest absolute Gasteiger partial charge is 0.331 e. The van der Waals surface area contributed by atoms with Crippen molar-refractivity contribution in [3.05, 3.63) is 47.5 Å². The van der Waals surface area contributed by atoms with Crippen LogP contribution in [0.25, 0.3) is 0 Å². The first-order chi connectivity index (χ1) is 20.4. The average Bonchev–Trinajstić information content (AvgIpc) is 3.27. The van der Waals surface area contributed by atoms with Crippen molar-refractivity contribution in [3.63, 3.8) is 0 Å². The van der Waals surface area contributed by atoms with Crippen molar-refractivity contribution in [2.45, 2.75) is 96.8 Å². The Labute approximate surface area is 254 Å². The number of carbonyl (C=O) groups is 3. The Morgan fingerprint density at radius 1 is 1.05 bits per heavy atom. The lowest BCUT2D eigenvalue weighted by atomic mass is 9.46. The number of ketones is 1. The number of rotatable bonds is 9. The second kappa shape index (κ2) is 12.2. The number of ether oxygens (including phenoxy) is 1. The van der Waals surface area contributed by atoms with E-state index in [0.717, 1.165) is 50.7 Å². The summed E-state index contributed by atoms with van der Waals surface area (Å²) in [7, 11) is 0. The number of hydrogen-bond acceptors (Lipinski definition) is 8. The van der Waals surface area contributed by atoms with E-state index in [4.69, 9.17) is 9.57 Å². The Hall–Kier alpha value is -3.04. The molecule has 0 radical (unpaired) electrons. The van der Waals surface area contributed by atoms with E-state index in [9.17, 15) is 24.6 Å². The van der Waals surface area contributed by atoms with Crippen LogP contribution in [0.3, 0.4) is 0 Å². The van der Waals surface area contributed by atoms with Gasteiger partial charge in [0.15, 0.2) is 18.4 Å². The van der Waals surface area contributed by atoms with Gasteiger partial charge in [0.25, 0.3) is 5.91 Å². The zero-order valence-electron chi connectivity index (χ0n) is 25.8. The number of nitrogens with one attached hydrogen (secondary N) is 1. The molecule has 1 aromatic rings. The molecule has 0 bridgehead atoms. The maximum Gasteiger partial charge on any atom is 0.331 e. The molecule has 4 aliphatic rings. The molecule has 8 atom stereocenters. The van der Waals surface area contributed by atoms with Gasteiger partial charge >= 0.3 is 5.97 Å². The minimum absolute atomic E-state index is 0.0397. The summed E-state index contributed by atoms with van der Waals surface area (Å²) in [5, 5.41) is 29.0. The first kappa shape index (κ1) is 31.4. The van der Waals surface area contributed by atoms with E-state index in [-0.39, 0.29) is 23.2 Å². The molecular weight excluding hydrogens is 548 g/mol. The molecule has 0 saturated heterocycles. The van der Waals surface area contributed by atoms with Gasteiger partial charge in [0.05, 0.1) is 12.3 Å². The van der Waals surface area contributed by atoms with Crippen LogP contribution in [-0.4, -0.2) is 58.4 Å². The SMILES string of the molecule is CCOC(=O)[C@H](NC(=O)CO/N=C1/C=C2CC[C@@H]3[C@H](CC[C@@]4(C)[C@H]3CC[C@]4(O)C(C)=O)[C@@]2(C)CC1)[C@H](O)c1ccccc1. The van der Waals surface area contributed by atoms with E-state index in [2.05, 4.69) is 30.4 Å². The third-order valence-corrected chi connectivity index (χ3v) is 11.4. The Kier molecular flexibility index (Phi) is 8.87. The van der Waals surface area contributed by atoms with Gasteiger partial charge in [-0.2, -0.15) is 0 Å². The summed E-state index contributed by atoms with van der Waals surface area (Å²) >= 11 is 0.